The molecule has 0 amide bonds. The lowest BCUT2D eigenvalue weighted by atomic mass is 10.1. The van der Waals surface area contributed by atoms with Crippen molar-refractivity contribution in [1.29, 1.82) is 0 Å². The summed E-state index contributed by atoms with van der Waals surface area (Å²) in [5, 5.41) is 0. The fourth-order valence-corrected chi connectivity index (χ4v) is 1.87. The third kappa shape index (κ3) is 2.20. The summed E-state index contributed by atoms with van der Waals surface area (Å²) in [6, 6.07) is 3.68. The molecule has 0 atom stereocenters. The van der Waals surface area contributed by atoms with Gasteiger partial charge in [-0.1, -0.05) is 6.07 Å². The third-order valence-electron chi connectivity index (χ3n) is 2.52. The lowest BCUT2D eigenvalue weighted by Crippen LogP contribution is -2.00. The van der Waals surface area contributed by atoms with E-state index in [2.05, 4.69) is 25.9 Å². The first-order valence-corrected chi connectivity index (χ1v) is 5.75. The maximum absolute atomic E-state index is 13.6. The van der Waals surface area contributed by atoms with E-state index in [4.69, 9.17) is 0 Å². The van der Waals surface area contributed by atoms with E-state index in [0.29, 0.717) is 10.3 Å². The van der Waals surface area contributed by atoms with Crippen molar-refractivity contribution in [2.45, 2.75) is 13.8 Å². The summed E-state index contributed by atoms with van der Waals surface area (Å²) in [6.45, 7) is 3.60. The van der Waals surface area contributed by atoms with Crippen LogP contribution in [0.15, 0.2) is 22.8 Å². The van der Waals surface area contributed by atoms with Crippen LogP contribution in [0, 0.1) is 25.5 Å². The quantitative estimate of drug-likeness (QED) is 0.748. The standard InChI is InChI=1S/C12H9BrF2N2/c1-6-7(2)16-12(17-11(6)13)10-8(14)4-3-5-9(10)15/h3-5H,1-2H3. The number of benzene rings is 1. The molecule has 2 aromatic rings. The number of halogens is 3. The number of nitrogens with zero attached hydrogens (tertiary/aromatic N) is 2. The van der Waals surface area contributed by atoms with Crippen LogP contribution >= 0.6 is 15.9 Å². The number of rotatable bonds is 1. The van der Waals surface area contributed by atoms with Crippen LogP contribution in [0.1, 0.15) is 11.3 Å². The molecule has 88 valence electrons. The Morgan fingerprint density at radius 2 is 1.65 bits per heavy atom. The molecule has 0 aliphatic carbocycles. The van der Waals surface area contributed by atoms with Crippen molar-refractivity contribution in [3.63, 3.8) is 0 Å². The molecule has 0 aliphatic heterocycles. The summed E-state index contributed by atoms with van der Waals surface area (Å²) in [5.74, 6) is -1.28. The van der Waals surface area contributed by atoms with Crippen molar-refractivity contribution in [3.8, 4) is 11.4 Å². The summed E-state index contributed by atoms with van der Waals surface area (Å²) in [7, 11) is 0. The van der Waals surface area contributed by atoms with Gasteiger partial charge in [-0.3, -0.25) is 0 Å². The highest BCUT2D eigenvalue weighted by Gasteiger charge is 2.15. The summed E-state index contributed by atoms with van der Waals surface area (Å²) < 4.78 is 27.7. The van der Waals surface area contributed by atoms with Gasteiger partial charge in [0.2, 0.25) is 0 Å². The molecule has 0 aliphatic rings. The van der Waals surface area contributed by atoms with Crippen molar-refractivity contribution in [1.82, 2.24) is 9.97 Å². The van der Waals surface area contributed by atoms with Gasteiger partial charge in [0, 0.05) is 11.3 Å². The molecule has 2 nitrogen and oxygen atoms in total. The Morgan fingerprint density at radius 3 is 2.18 bits per heavy atom. The second kappa shape index (κ2) is 4.49. The van der Waals surface area contributed by atoms with Crippen LogP contribution in [0.4, 0.5) is 8.78 Å². The Kier molecular flexibility index (Phi) is 3.19. The van der Waals surface area contributed by atoms with E-state index in [9.17, 15) is 8.78 Å². The lowest BCUT2D eigenvalue weighted by molar-refractivity contribution is 0.587. The van der Waals surface area contributed by atoms with Crippen LogP contribution in [0.2, 0.25) is 0 Å². The largest absolute Gasteiger partial charge is 0.233 e. The molecule has 1 aromatic heterocycles. The number of hydrogen-bond donors (Lipinski definition) is 0. The number of aryl methyl sites for hydroxylation is 1. The molecule has 17 heavy (non-hydrogen) atoms. The molecule has 1 heterocycles. The highest BCUT2D eigenvalue weighted by molar-refractivity contribution is 9.10. The van der Waals surface area contributed by atoms with Crippen LogP contribution in [0.25, 0.3) is 11.4 Å². The first-order valence-electron chi connectivity index (χ1n) is 4.96. The van der Waals surface area contributed by atoms with E-state index < -0.39 is 11.6 Å². The number of aromatic nitrogens is 2. The molecule has 0 radical (unpaired) electrons. The van der Waals surface area contributed by atoms with Crippen molar-refractivity contribution < 1.29 is 8.78 Å². The van der Waals surface area contributed by atoms with E-state index >= 15 is 0 Å². The summed E-state index contributed by atoms with van der Waals surface area (Å²) in [5.41, 5.74) is 1.34. The molecule has 0 saturated carbocycles. The van der Waals surface area contributed by atoms with Crippen LogP contribution in [-0.4, -0.2) is 9.97 Å². The van der Waals surface area contributed by atoms with Crippen LogP contribution in [-0.2, 0) is 0 Å². The van der Waals surface area contributed by atoms with Crippen molar-refractivity contribution in [2.75, 3.05) is 0 Å². The predicted molar refractivity (Wildman–Crippen MR) is 64.6 cm³/mol. The highest BCUT2D eigenvalue weighted by atomic mass is 79.9. The zero-order valence-electron chi connectivity index (χ0n) is 9.26. The van der Waals surface area contributed by atoms with E-state index in [1.807, 2.05) is 6.92 Å². The zero-order chi connectivity index (χ0) is 12.6. The Bertz CT molecular complexity index is 541. The van der Waals surface area contributed by atoms with Crippen LogP contribution in [0.3, 0.4) is 0 Å². The maximum Gasteiger partial charge on any atom is 0.166 e. The molecule has 0 spiro atoms. The molecule has 5 heteroatoms. The second-order valence-corrected chi connectivity index (χ2v) is 4.40. The van der Waals surface area contributed by atoms with E-state index in [1.54, 1.807) is 6.92 Å². The minimum Gasteiger partial charge on any atom is -0.233 e. The fourth-order valence-electron chi connectivity index (χ4n) is 1.42. The van der Waals surface area contributed by atoms with E-state index in [-0.39, 0.29) is 11.4 Å². The average molecular weight is 299 g/mol. The molecular weight excluding hydrogens is 290 g/mol. The second-order valence-electron chi connectivity index (χ2n) is 3.65. The zero-order valence-corrected chi connectivity index (χ0v) is 10.8. The summed E-state index contributed by atoms with van der Waals surface area (Å²) >= 11 is 3.25. The highest BCUT2D eigenvalue weighted by Crippen LogP contribution is 2.26. The monoisotopic (exact) mass is 298 g/mol. The van der Waals surface area contributed by atoms with Gasteiger partial charge in [0.05, 0.1) is 5.56 Å². The summed E-state index contributed by atoms with van der Waals surface area (Å²) in [6.07, 6.45) is 0. The Hall–Kier alpha value is -1.36. The van der Waals surface area contributed by atoms with E-state index in [0.717, 1.165) is 5.56 Å². The molecule has 2 rings (SSSR count). The van der Waals surface area contributed by atoms with Crippen molar-refractivity contribution >= 4 is 15.9 Å². The van der Waals surface area contributed by atoms with Gasteiger partial charge in [0.15, 0.2) is 5.82 Å². The molecule has 0 saturated heterocycles. The SMILES string of the molecule is Cc1nc(-c2c(F)cccc2F)nc(Br)c1C. The van der Waals surface area contributed by atoms with Crippen LogP contribution in [0.5, 0.6) is 0 Å². The van der Waals surface area contributed by atoms with Gasteiger partial charge in [0.25, 0.3) is 0 Å². The van der Waals surface area contributed by atoms with Gasteiger partial charge in [-0.05, 0) is 41.9 Å². The molecule has 0 unspecified atom stereocenters. The fraction of sp³-hybridized carbons (Fsp3) is 0.167. The van der Waals surface area contributed by atoms with Crippen molar-refractivity contribution in [2.24, 2.45) is 0 Å². The maximum atomic E-state index is 13.6. The van der Waals surface area contributed by atoms with Crippen LogP contribution < -0.4 is 0 Å². The summed E-state index contributed by atoms with van der Waals surface area (Å²) in [4.78, 5) is 8.16. The lowest BCUT2D eigenvalue weighted by Gasteiger charge is -2.07. The topological polar surface area (TPSA) is 25.8 Å². The predicted octanol–water partition coefficient (Wildman–Crippen LogP) is 3.80. The minimum atomic E-state index is -0.667. The smallest absolute Gasteiger partial charge is 0.166 e. The van der Waals surface area contributed by atoms with Gasteiger partial charge in [-0.2, -0.15) is 0 Å². The Labute approximate surface area is 106 Å². The van der Waals surface area contributed by atoms with Gasteiger partial charge in [-0.15, -0.1) is 0 Å². The third-order valence-corrected chi connectivity index (χ3v) is 3.29. The Morgan fingerprint density at radius 1 is 1.06 bits per heavy atom. The van der Waals surface area contributed by atoms with Gasteiger partial charge in [-0.25, -0.2) is 18.7 Å². The van der Waals surface area contributed by atoms with Gasteiger partial charge >= 0.3 is 0 Å². The molecule has 0 N–H and O–H groups in total. The molecule has 1 aromatic carbocycles. The number of hydrogen-bond acceptors (Lipinski definition) is 2. The first kappa shape index (κ1) is 12.1. The molecule has 0 fully saturated rings. The minimum absolute atomic E-state index is 0.0515. The van der Waals surface area contributed by atoms with E-state index in [1.165, 1.54) is 18.2 Å². The first-order chi connectivity index (χ1) is 8.00. The average Bonchev–Trinajstić information content (AvgIpc) is 2.25. The normalized spacial score (nSPS) is 10.6. The van der Waals surface area contributed by atoms with Crippen molar-refractivity contribution in [3.05, 3.63) is 45.7 Å². The molecule has 0 bridgehead atoms. The Balaban J connectivity index is 2.69. The molecular formula is C12H9BrF2N2. The van der Waals surface area contributed by atoms with Gasteiger partial charge in [0.1, 0.15) is 16.2 Å². The van der Waals surface area contributed by atoms with Gasteiger partial charge < -0.3 is 0 Å².